The predicted molar refractivity (Wildman–Crippen MR) is 88.2 cm³/mol. The number of rotatable bonds is 6. The van der Waals surface area contributed by atoms with E-state index in [1.165, 1.54) is 18.3 Å². The van der Waals surface area contributed by atoms with E-state index in [4.69, 9.17) is 4.74 Å². The number of ether oxygens (including phenoxy) is 1. The van der Waals surface area contributed by atoms with Gasteiger partial charge in [-0.15, -0.1) is 0 Å². The number of amides is 1. The number of nitrogens with zero attached hydrogens (tertiary/aromatic N) is 1. The van der Waals surface area contributed by atoms with Gasteiger partial charge in [0.2, 0.25) is 0 Å². The summed E-state index contributed by atoms with van der Waals surface area (Å²) >= 11 is 0. The third-order valence-corrected chi connectivity index (χ3v) is 3.14. The van der Waals surface area contributed by atoms with Gasteiger partial charge in [0, 0.05) is 11.3 Å². The van der Waals surface area contributed by atoms with Crippen LogP contribution in [-0.4, -0.2) is 25.3 Å². The van der Waals surface area contributed by atoms with Crippen LogP contribution in [0.3, 0.4) is 0 Å². The fourth-order valence-electron chi connectivity index (χ4n) is 1.90. The number of carbonyl (C=O) groups is 1. The lowest BCUT2D eigenvalue weighted by atomic mass is 10.2. The highest BCUT2D eigenvalue weighted by Crippen LogP contribution is 2.14. The van der Waals surface area contributed by atoms with E-state index in [2.05, 4.69) is 15.8 Å². The minimum Gasteiger partial charge on any atom is -0.496 e. The zero-order valence-electron chi connectivity index (χ0n) is 12.9. The lowest BCUT2D eigenvalue weighted by molar-refractivity contribution is -0.121. The van der Waals surface area contributed by atoms with E-state index in [9.17, 15) is 9.18 Å². The molecule has 0 heterocycles. The Morgan fingerprint density at radius 2 is 1.91 bits per heavy atom. The van der Waals surface area contributed by atoms with Gasteiger partial charge in [0.1, 0.15) is 17.6 Å². The fourth-order valence-corrected chi connectivity index (χ4v) is 1.90. The van der Waals surface area contributed by atoms with Crippen molar-refractivity contribution in [2.45, 2.75) is 13.0 Å². The van der Waals surface area contributed by atoms with Gasteiger partial charge in [-0.1, -0.05) is 12.1 Å². The van der Waals surface area contributed by atoms with Crippen LogP contribution in [0.2, 0.25) is 0 Å². The van der Waals surface area contributed by atoms with Crippen LogP contribution < -0.4 is 15.5 Å². The molecule has 2 N–H and O–H groups in total. The standard InChI is InChI=1S/C17H18FN3O2/c1-12(20-15-9-7-14(18)8-10-15)17(22)21-19-11-13-5-3-4-6-16(13)23-2/h3-12,20H,1-2H3,(H,21,22)/b19-11-/t12-/m0/s1. The molecule has 0 saturated heterocycles. The molecule has 0 aliphatic heterocycles. The summed E-state index contributed by atoms with van der Waals surface area (Å²) in [7, 11) is 1.57. The van der Waals surface area contributed by atoms with Gasteiger partial charge in [-0.2, -0.15) is 5.10 Å². The smallest absolute Gasteiger partial charge is 0.262 e. The van der Waals surface area contributed by atoms with E-state index in [-0.39, 0.29) is 11.7 Å². The second-order valence-corrected chi connectivity index (χ2v) is 4.85. The van der Waals surface area contributed by atoms with Crippen molar-refractivity contribution in [3.8, 4) is 5.75 Å². The van der Waals surface area contributed by atoms with E-state index in [1.54, 1.807) is 26.2 Å². The number of hydrogen-bond acceptors (Lipinski definition) is 4. The Bertz CT molecular complexity index is 686. The molecular weight excluding hydrogens is 297 g/mol. The van der Waals surface area contributed by atoms with Crippen molar-refractivity contribution in [1.29, 1.82) is 0 Å². The molecule has 0 unspecified atom stereocenters. The molecule has 0 radical (unpaired) electrons. The van der Waals surface area contributed by atoms with Crippen LogP contribution in [0, 0.1) is 5.82 Å². The summed E-state index contributed by atoms with van der Waals surface area (Å²) in [5, 5.41) is 6.89. The summed E-state index contributed by atoms with van der Waals surface area (Å²) in [4.78, 5) is 12.0. The lowest BCUT2D eigenvalue weighted by Crippen LogP contribution is -2.34. The maximum absolute atomic E-state index is 12.8. The first-order valence-corrected chi connectivity index (χ1v) is 7.08. The third-order valence-electron chi connectivity index (χ3n) is 3.14. The molecule has 6 heteroatoms. The summed E-state index contributed by atoms with van der Waals surface area (Å²) in [5.41, 5.74) is 3.87. The molecule has 2 aromatic rings. The van der Waals surface area contributed by atoms with Gasteiger partial charge in [0.25, 0.3) is 5.91 Å². The summed E-state index contributed by atoms with van der Waals surface area (Å²) < 4.78 is 18.0. The van der Waals surface area contributed by atoms with Gasteiger partial charge in [-0.05, 0) is 43.3 Å². The topological polar surface area (TPSA) is 62.7 Å². The van der Waals surface area contributed by atoms with Gasteiger partial charge in [-0.25, -0.2) is 9.82 Å². The molecule has 0 bridgehead atoms. The van der Waals surface area contributed by atoms with E-state index in [0.29, 0.717) is 11.4 Å². The molecule has 0 aliphatic carbocycles. The van der Waals surface area contributed by atoms with Gasteiger partial charge in [0.05, 0.1) is 13.3 Å². The summed E-state index contributed by atoms with van der Waals surface area (Å²) in [6.45, 7) is 1.69. The lowest BCUT2D eigenvalue weighted by Gasteiger charge is -2.13. The normalized spacial score (nSPS) is 12.0. The first kappa shape index (κ1) is 16.5. The van der Waals surface area contributed by atoms with Crippen molar-refractivity contribution < 1.29 is 13.9 Å². The van der Waals surface area contributed by atoms with Crippen molar-refractivity contribution in [2.75, 3.05) is 12.4 Å². The Labute approximate surface area is 134 Å². The predicted octanol–water partition coefficient (Wildman–Crippen LogP) is 2.79. The van der Waals surface area contributed by atoms with E-state index < -0.39 is 6.04 Å². The molecule has 0 spiro atoms. The van der Waals surface area contributed by atoms with Crippen molar-refractivity contribution >= 4 is 17.8 Å². The van der Waals surface area contributed by atoms with Gasteiger partial charge in [-0.3, -0.25) is 4.79 Å². The zero-order chi connectivity index (χ0) is 16.7. The van der Waals surface area contributed by atoms with Crippen LogP contribution in [0.1, 0.15) is 12.5 Å². The van der Waals surface area contributed by atoms with Crippen LogP contribution in [-0.2, 0) is 4.79 Å². The first-order chi connectivity index (χ1) is 11.1. The minimum atomic E-state index is -0.518. The van der Waals surface area contributed by atoms with Crippen molar-refractivity contribution in [3.63, 3.8) is 0 Å². The monoisotopic (exact) mass is 315 g/mol. The molecule has 0 saturated carbocycles. The maximum Gasteiger partial charge on any atom is 0.262 e. The Morgan fingerprint density at radius 1 is 1.22 bits per heavy atom. The number of benzene rings is 2. The molecule has 5 nitrogen and oxygen atoms in total. The van der Waals surface area contributed by atoms with E-state index in [1.807, 2.05) is 24.3 Å². The maximum atomic E-state index is 12.8. The van der Waals surface area contributed by atoms with E-state index >= 15 is 0 Å². The van der Waals surface area contributed by atoms with Gasteiger partial charge < -0.3 is 10.1 Å². The van der Waals surface area contributed by atoms with Gasteiger partial charge in [0.15, 0.2) is 0 Å². The zero-order valence-corrected chi connectivity index (χ0v) is 12.9. The number of halogens is 1. The van der Waals surface area contributed by atoms with Gasteiger partial charge >= 0.3 is 0 Å². The average molecular weight is 315 g/mol. The molecule has 2 aromatic carbocycles. The largest absolute Gasteiger partial charge is 0.496 e. The Hall–Kier alpha value is -2.89. The second kappa shape index (κ2) is 7.93. The molecule has 23 heavy (non-hydrogen) atoms. The Kier molecular flexibility index (Phi) is 5.68. The summed E-state index contributed by atoms with van der Waals surface area (Å²) in [6.07, 6.45) is 1.52. The van der Waals surface area contributed by atoms with Crippen molar-refractivity contribution in [3.05, 3.63) is 59.9 Å². The minimum absolute atomic E-state index is 0.305. The van der Waals surface area contributed by atoms with Crippen molar-refractivity contribution in [2.24, 2.45) is 5.10 Å². The second-order valence-electron chi connectivity index (χ2n) is 4.85. The molecule has 1 atom stereocenters. The highest BCUT2D eigenvalue weighted by Gasteiger charge is 2.11. The molecule has 120 valence electrons. The number of carbonyl (C=O) groups excluding carboxylic acids is 1. The molecule has 0 aliphatic rings. The molecule has 2 rings (SSSR count). The highest BCUT2D eigenvalue weighted by atomic mass is 19.1. The van der Waals surface area contributed by atoms with Crippen LogP contribution in [0.4, 0.5) is 10.1 Å². The molecule has 0 fully saturated rings. The quantitative estimate of drug-likeness (QED) is 0.636. The number of methoxy groups -OCH3 is 1. The summed E-state index contributed by atoms with van der Waals surface area (Å²) in [5.74, 6) is 0.0394. The Balaban J connectivity index is 1.90. The summed E-state index contributed by atoms with van der Waals surface area (Å²) in [6, 6.07) is 12.6. The number of hydrazone groups is 1. The number of nitrogens with one attached hydrogen (secondary N) is 2. The Morgan fingerprint density at radius 3 is 2.61 bits per heavy atom. The fraction of sp³-hybridized carbons (Fsp3) is 0.176. The third kappa shape index (κ3) is 4.81. The number of para-hydroxylation sites is 1. The van der Waals surface area contributed by atoms with Crippen molar-refractivity contribution in [1.82, 2.24) is 5.43 Å². The molecule has 1 amide bonds. The average Bonchev–Trinajstić information content (AvgIpc) is 2.57. The van der Waals surface area contributed by atoms with E-state index in [0.717, 1.165) is 5.56 Å². The molecule has 0 aromatic heterocycles. The first-order valence-electron chi connectivity index (χ1n) is 7.08. The SMILES string of the molecule is COc1ccccc1/C=N\NC(=O)[C@H](C)Nc1ccc(F)cc1. The van der Waals surface area contributed by atoms with Crippen LogP contribution in [0.25, 0.3) is 0 Å². The van der Waals surface area contributed by atoms with Crippen LogP contribution in [0.15, 0.2) is 53.6 Å². The number of hydrogen-bond donors (Lipinski definition) is 2. The van der Waals surface area contributed by atoms with Crippen LogP contribution in [0.5, 0.6) is 5.75 Å². The highest BCUT2D eigenvalue weighted by molar-refractivity contribution is 5.87. The van der Waals surface area contributed by atoms with Crippen LogP contribution >= 0.6 is 0 Å². The molecular formula is C17H18FN3O2. The number of anilines is 1.